The van der Waals surface area contributed by atoms with Crippen LogP contribution in [-0.4, -0.2) is 31.5 Å². The second-order valence-electron chi connectivity index (χ2n) is 4.73. The number of hydrogen-bond acceptors (Lipinski definition) is 4. The number of methoxy groups -OCH3 is 1. The minimum absolute atomic E-state index is 0.224. The van der Waals surface area contributed by atoms with Crippen LogP contribution in [0.4, 0.5) is 0 Å². The molecule has 0 aliphatic rings. The normalized spacial score (nSPS) is 11.9. The molecule has 0 aliphatic heterocycles. The molecule has 4 heteroatoms. The molecule has 2 aromatic carbocycles. The Balaban J connectivity index is 1.71. The third-order valence-electron chi connectivity index (χ3n) is 3.05. The van der Waals surface area contributed by atoms with E-state index in [9.17, 15) is 5.11 Å². The van der Waals surface area contributed by atoms with Gasteiger partial charge in [0, 0.05) is 13.1 Å². The van der Waals surface area contributed by atoms with E-state index in [-0.39, 0.29) is 6.61 Å². The Labute approximate surface area is 125 Å². The number of ether oxygens (including phenoxy) is 2. The number of benzene rings is 2. The summed E-state index contributed by atoms with van der Waals surface area (Å²) in [5.74, 6) is 1.31. The van der Waals surface area contributed by atoms with Crippen LogP contribution >= 0.6 is 0 Å². The minimum atomic E-state index is -0.571. The smallest absolute Gasteiger partial charge is 0.161 e. The maximum Gasteiger partial charge on any atom is 0.161 e. The first kappa shape index (κ1) is 15.4. The van der Waals surface area contributed by atoms with Crippen molar-refractivity contribution in [3.8, 4) is 11.5 Å². The molecule has 1 unspecified atom stereocenters. The van der Waals surface area contributed by atoms with Gasteiger partial charge in [-0.1, -0.05) is 42.5 Å². The van der Waals surface area contributed by atoms with Gasteiger partial charge in [-0.25, -0.2) is 0 Å². The molecule has 0 spiro atoms. The van der Waals surface area contributed by atoms with Gasteiger partial charge >= 0.3 is 0 Å². The Morgan fingerprint density at radius 3 is 2.38 bits per heavy atom. The second kappa shape index (κ2) is 8.29. The quantitative estimate of drug-likeness (QED) is 0.781. The van der Waals surface area contributed by atoms with E-state index in [4.69, 9.17) is 9.47 Å². The van der Waals surface area contributed by atoms with Crippen molar-refractivity contribution in [2.45, 2.75) is 12.6 Å². The summed E-state index contributed by atoms with van der Waals surface area (Å²) >= 11 is 0. The lowest BCUT2D eigenvalue weighted by Gasteiger charge is -2.15. The van der Waals surface area contributed by atoms with E-state index in [1.807, 2.05) is 54.6 Å². The van der Waals surface area contributed by atoms with Crippen LogP contribution in [0.15, 0.2) is 54.6 Å². The van der Waals surface area contributed by atoms with Crippen LogP contribution < -0.4 is 14.8 Å². The molecule has 0 heterocycles. The third kappa shape index (κ3) is 5.10. The zero-order chi connectivity index (χ0) is 14.9. The first-order valence-electron chi connectivity index (χ1n) is 6.98. The Kier molecular flexibility index (Phi) is 6.06. The van der Waals surface area contributed by atoms with Crippen molar-refractivity contribution >= 4 is 0 Å². The van der Waals surface area contributed by atoms with E-state index in [0.29, 0.717) is 18.0 Å². The Bertz CT molecular complexity index is 531. The van der Waals surface area contributed by atoms with Gasteiger partial charge in [-0.2, -0.15) is 0 Å². The molecule has 0 aliphatic carbocycles. The Morgan fingerprint density at radius 1 is 1.00 bits per heavy atom. The highest BCUT2D eigenvalue weighted by atomic mass is 16.5. The average molecular weight is 287 g/mol. The molecule has 1 atom stereocenters. The number of hydrogen-bond donors (Lipinski definition) is 2. The molecular weight excluding hydrogens is 266 g/mol. The maximum absolute atomic E-state index is 9.92. The number of aliphatic hydroxyl groups excluding tert-OH is 1. The molecule has 2 rings (SSSR count). The van der Waals surface area contributed by atoms with Crippen LogP contribution in [0.25, 0.3) is 0 Å². The summed E-state index contributed by atoms with van der Waals surface area (Å²) in [7, 11) is 1.60. The summed E-state index contributed by atoms with van der Waals surface area (Å²) in [6.45, 7) is 1.43. The summed E-state index contributed by atoms with van der Waals surface area (Å²) < 4.78 is 10.8. The summed E-state index contributed by atoms with van der Waals surface area (Å²) in [5, 5.41) is 13.1. The fourth-order valence-corrected chi connectivity index (χ4v) is 1.96. The van der Waals surface area contributed by atoms with Crippen LogP contribution in [0, 0.1) is 0 Å². The first-order chi connectivity index (χ1) is 10.3. The third-order valence-corrected chi connectivity index (χ3v) is 3.05. The van der Waals surface area contributed by atoms with Crippen molar-refractivity contribution in [2.75, 3.05) is 20.3 Å². The van der Waals surface area contributed by atoms with Crippen LogP contribution in [0.1, 0.15) is 5.56 Å². The van der Waals surface area contributed by atoms with Crippen molar-refractivity contribution in [3.05, 3.63) is 60.2 Å². The molecule has 0 fully saturated rings. The van der Waals surface area contributed by atoms with Crippen molar-refractivity contribution in [1.29, 1.82) is 0 Å². The van der Waals surface area contributed by atoms with Gasteiger partial charge in [0.1, 0.15) is 12.7 Å². The lowest BCUT2D eigenvalue weighted by molar-refractivity contribution is 0.104. The molecular formula is C17H21NO3. The van der Waals surface area contributed by atoms with Gasteiger partial charge in [0.2, 0.25) is 0 Å². The Morgan fingerprint density at radius 2 is 1.67 bits per heavy atom. The molecule has 0 aromatic heterocycles. The molecule has 0 radical (unpaired) electrons. The summed E-state index contributed by atoms with van der Waals surface area (Å²) in [4.78, 5) is 0. The summed E-state index contributed by atoms with van der Waals surface area (Å²) in [6.07, 6.45) is -0.571. The van der Waals surface area contributed by atoms with E-state index in [0.717, 1.165) is 6.54 Å². The van der Waals surface area contributed by atoms with Gasteiger partial charge in [-0.3, -0.25) is 0 Å². The zero-order valence-electron chi connectivity index (χ0n) is 12.2. The molecule has 0 saturated heterocycles. The molecule has 0 bridgehead atoms. The molecule has 2 N–H and O–H groups in total. The second-order valence-corrected chi connectivity index (χ2v) is 4.73. The molecule has 0 saturated carbocycles. The number of rotatable bonds is 8. The van der Waals surface area contributed by atoms with Crippen LogP contribution in [0.5, 0.6) is 11.5 Å². The highest BCUT2D eigenvalue weighted by molar-refractivity contribution is 5.39. The molecule has 21 heavy (non-hydrogen) atoms. The number of nitrogens with one attached hydrogen (secondary N) is 1. The van der Waals surface area contributed by atoms with E-state index in [2.05, 4.69) is 5.32 Å². The summed E-state index contributed by atoms with van der Waals surface area (Å²) in [6, 6.07) is 17.5. The largest absolute Gasteiger partial charge is 0.493 e. The molecule has 4 nitrogen and oxygen atoms in total. The maximum atomic E-state index is 9.92. The SMILES string of the molecule is COc1ccccc1OCC(O)CNCc1ccccc1. The molecule has 112 valence electrons. The average Bonchev–Trinajstić information content (AvgIpc) is 2.54. The van der Waals surface area contributed by atoms with Crippen molar-refractivity contribution in [3.63, 3.8) is 0 Å². The van der Waals surface area contributed by atoms with Gasteiger partial charge in [0.05, 0.1) is 7.11 Å². The monoisotopic (exact) mass is 287 g/mol. The van der Waals surface area contributed by atoms with E-state index in [1.165, 1.54) is 5.56 Å². The van der Waals surface area contributed by atoms with Crippen LogP contribution in [0.3, 0.4) is 0 Å². The fraction of sp³-hybridized carbons (Fsp3) is 0.294. The minimum Gasteiger partial charge on any atom is -0.493 e. The van der Waals surface area contributed by atoms with Gasteiger partial charge < -0.3 is 19.9 Å². The van der Waals surface area contributed by atoms with Gasteiger partial charge in [0.15, 0.2) is 11.5 Å². The van der Waals surface area contributed by atoms with Gasteiger partial charge in [0.25, 0.3) is 0 Å². The summed E-state index contributed by atoms with van der Waals surface area (Å²) in [5.41, 5.74) is 1.19. The van der Waals surface area contributed by atoms with Crippen molar-refractivity contribution in [2.24, 2.45) is 0 Å². The number of para-hydroxylation sites is 2. The lowest BCUT2D eigenvalue weighted by Crippen LogP contribution is -2.31. The topological polar surface area (TPSA) is 50.7 Å². The molecule has 0 amide bonds. The number of aliphatic hydroxyl groups is 1. The first-order valence-corrected chi connectivity index (χ1v) is 6.98. The van der Waals surface area contributed by atoms with Crippen LogP contribution in [-0.2, 0) is 6.54 Å². The van der Waals surface area contributed by atoms with E-state index >= 15 is 0 Å². The van der Waals surface area contributed by atoms with Crippen molar-refractivity contribution < 1.29 is 14.6 Å². The van der Waals surface area contributed by atoms with E-state index in [1.54, 1.807) is 7.11 Å². The Hall–Kier alpha value is -2.04. The van der Waals surface area contributed by atoms with Crippen LogP contribution in [0.2, 0.25) is 0 Å². The zero-order valence-corrected chi connectivity index (χ0v) is 12.2. The highest BCUT2D eigenvalue weighted by Gasteiger charge is 2.07. The van der Waals surface area contributed by atoms with Gasteiger partial charge in [-0.05, 0) is 17.7 Å². The molecule has 2 aromatic rings. The lowest BCUT2D eigenvalue weighted by atomic mass is 10.2. The van der Waals surface area contributed by atoms with Gasteiger partial charge in [-0.15, -0.1) is 0 Å². The highest BCUT2D eigenvalue weighted by Crippen LogP contribution is 2.25. The van der Waals surface area contributed by atoms with Crippen molar-refractivity contribution in [1.82, 2.24) is 5.32 Å². The predicted molar refractivity (Wildman–Crippen MR) is 82.6 cm³/mol. The predicted octanol–water partition coefficient (Wildman–Crippen LogP) is 2.22. The van der Waals surface area contributed by atoms with E-state index < -0.39 is 6.10 Å². The fourth-order valence-electron chi connectivity index (χ4n) is 1.96. The standard InChI is InChI=1S/C17H21NO3/c1-20-16-9-5-6-10-17(16)21-13-15(19)12-18-11-14-7-3-2-4-8-14/h2-10,15,18-19H,11-13H2,1H3.